The Balaban J connectivity index is 2.06. The molecule has 1 atom stereocenters. The van der Waals surface area contributed by atoms with Gasteiger partial charge >= 0.3 is 0 Å². The van der Waals surface area contributed by atoms with Crippen LogP contribution >= 0.6 is 0 Å². The van der Waals surface area contributed by atoms with E-state index in [1.807, 2.05) is 38.1 Å². The van der Waals surface area contributed by atoms with E-state index in [4.69, 9.17) is 9.26 Å². The largest absolute Gasteiger partial charge is 0.483 e. The highest BCUT2D eigenvalue weighted by molar-refractivity contribution is 5.35. The molecule has 0 unspecified atom stereocenters. The van der Waals surface area contributed by atoms with Crippen LogP contribution in [0.3, 0.4) is 0 Å². The fourth-order valence-corrected chi connectivity index (χ4v) is 1.74. The predicted octanol–water partition coefficient (Wildman–Crippen LogP) is 2.65. The summed E-state index contributed by atoms with van der Waals surface area (Å²) < 4.78 is 10.7. The highest BCUT2D eigenvalue weighted by atomic mass is 16.5. The third kappa shape index (κ3) is 3.32. The lowest BCUT2D eigenvalue weighted by molar-refractivity contribution is 0.163. The van der Waals surface area contributed by atoms with Crippen molar-refractivity contribution in [1.29, 1.82) is 0 Å². The minimum atomic E-state index is -0.523. The first-order chi connectivity index (χ1) is 9.24. The zero-order chi connectivity index (χ0) is 13.7. The van der Waals surface area contributed by atoms with Crippen LogP contribution < -0.4 is 4.74 Å². The van der Waals surface area contributed by atoms with Crippen molar-refractivity contribution in [3.63, 3.8) is 0 Å². The second kappa shape index (κ2) is 6.33. The zero-order valence-electron chi connectivity index (χ0n) is 11.2. The Morgan fingerprint density at radius 3 is 2.79 bits per heavy atom. The normalized spacial score (nSPS) is 12.4. The smallest absolute Gasteiger partial charge is 0.264 e. The van der Waals surface area contributed by atoms with E-state index >= 15 is 0 Å². The Morgan fingerprint density at radius 2 is 2.11 bits per heavy atom. The van der Waals surface area contributed by atoms with Crippen LogP contribution in [0.15, 0.2) is 28.8 Å². The van der Waals surface area contributed by atoms with Gasteiger partial charge in [-0.3, -0.25) is 0 Å². The molecule has 2 rings (SSSR count). The maximum atomic E-state index is 9.92. The molecule has 0 aliphatic carbocycles. The highest BCUT2D eigenvalue weighted by Gasteiger charge is 2.12. The van der Waals surface area contributed by atoms with E-state index < -0.39 is 6.10 Å². The number of para-hydroxylation sites is 1. The number of benzene rings is 1. The highest BCUT2D eigenvalue weighted by Crippen LogP contribution is 2.27. The summed E-state index contributed by atoms with van der Waals surface area (Å²) in [5, 5.41) is 13.7. The van der Waals surface area contributed by atoms with E-state index in [2.05, 4.69) is 10.1 Å². The van der Waals surface area contributed by atoms with Crippen LogP contribution in [0, 0.1) is 0 Å². The molecule has 0 fully saturated rings. The number of rotatable bonds is 6. The first-order valence-corrected chi connectivity index (χ1v) is 6.45. The van der Waals surface area contributed by atoms with Gasteiger partial charge in [0.25, 0.3) is 5.89 Å². The van der Waals surface area contributed by atoms with Crippen molar-refractivity contribution in [2.75, 3.05) is 0 Å². The van der Waals surface area contributed by atoms with Gasteiger partial charge < -0.3 is 14.4 Å². The van der Waals surface area contributed by atoms with Crippen LogP contribution in [0.1, 0.15) is 43.7 Å². The lowest BCUT2D eigenvalue weighted by Gasteiger charge is -2.13. The molecular weight excluding hydrogens is 244 g/mol. The van der Waals surface area contributed by atoms with Crippen LogP contribution in [0.2, 0.25) is 0 Å². The molecule has 0 aliphatic heterocycles. The van der Waals surface area contributed by atoms with Gasteiger partial charge in [-0.05, 0) is 12.5 Å². The molecular formula is C14H18N2O3. The second-order valence-electron chi connectivity index (χ2n) is 4.21. The van der Waals surface area contributed by atoms with Gasteiger partial charge in [-0.1, -0.05) is 37.2 Å². The van der Waals surface area contributed by atoms with Crippen LogP contribution in [-0.2, 0) is 13.0 Å². The fraction of sp³-hybridized carbons (Fsp3) is 0.429. The van der Waals surface area contributed by atoms with E-state index in [9.17, 15) is 5.11 Å². The third-order valence-electron chi connectivity index (χ3n) is 2.84. The number of aryl methyl sites for hydroxylation is 1. The number of aliphatic hydroxyl groups is 1. The van der Waals surface area contributed by atoms with Crippen molar-refractivity contribution in [3.05, 3.63) is 41.5 Å². The second-order valence-corrected chi connectivity index (χ2v) is 4.21. The Kier molecular flexibility index (Phi) is 4.52. The van der Waals surface area contributed by atoms with Gasteiger partial charge in [0.05, 0.1) is 6.10 Å². The van der Waals surface area contributed by atoms with E-state index in [0.717, 1.165) is 12.0 Å². The Morgan fingerprint density at radius 1 is 1.32 bits per heavy atom. The lowest BCUT2D eigenvalue weighted by Crippen LogP contribution is -2.02. The summed E-state index contributed by atoms with van der Waals surface area (Å²) in [5.74, 6) is 1.76. The van der Waals surface area contributed by atoms with Crippen molar-refractivity contribution >= 4 is 0 Å². The average molecular weight is 262 g/mol. The average Bonchev–Trinajstić information content (AvgIpc) is 2.92. The van der Waals surface area contributed by atoms with Gasteiger partial charge in [0, 0.05) is 12.0 Å². The summed E-state index contributed by atoms with van der Waals surface area (Å²) >= 11 is 0. The Hall–Kier alpha value is -1.88. The van der Waals surface area contributed by atoms with E-state index in [1.54, 1.807) is 0 Å². The topological polar surface area (TPSA) is 68.4 Å². The molecule has 1 N–H and O–H groups in total. The number of hydrogen-bond acceptors (Lipinski definition) is 5. The summed E-state index contributed by atoms with van der Waals surface area (Å²) in [6.45, 7) is 4.09. The number of ether oxygens (including phenoxy) is 1. The molecule has 102 valence electrons. The minimum absolute atomic E-state index is 0.209. The SMILES string of the molecule is CCc1noc(COc2ccccc2[C@H](O)CC)n1. The standard InChI is InChI=1S/C14H18N2O3/c1-3-11(17)10-7-5-6-8-12(10)18-9-14-15-13(4-2)16-19-14/h5-8,11,17H,3-4,9H2,1-2H3/t11-/m1/s1. The predicted molar refractivity (Wildman–Crippen MR) is 69.7 cm³/mol. The summed E-state index contributed by atoms with van der Waals surface area (Å²) in [6, 6.07) is 7.43. The molecule has 19 heavy (non-hydrogen) atoms. The molecule has 1 heterocycles. The van der Waals surface area contributed by atoms with Crippen LogP contribution in [0.4, 0.5) is 0 Å². The molecule has 5 heteroatoms. The van der Waals surface area contributed by atoms with Crippen molar-refractivity contribution < 1.29 is 14.4 Å². The van der Waals surface area contributed by atoms with E-state index in [1.165, 1.54) is 0 Å². The molecule has 5 nitrogen and oxygen atoms in total. The maximum absolute atomic E-state index is 9.92. The maximum Gasteiger partial charge on any atom is 0.264 e. The number of hydrogen-bond donors (Lipinski definition) is 1. The number of nitrogens with zero attached hydrogens (tertiary/aromatic N) is 2. The molecule has 1 aromatic heterocycles. The minimum Gasteiger partial charge on any atom is -0.483 e. The number of aromatic nitrogens is 2. The van der Waals surface area contributed by atoms with Gasteiger partial charge in [0.2, 0.25) is 0 Å². The Labute approximate surface area is 112 Å². The zero-order valence-corrected chi connectivity index (χ0v) is 11.2. The van der Waals surface area contributed by atoms with Crippen LogP contribution in [-0.4, -0.2) is 15.2 Å². The van der Waals surface area contributed by atoms with Crippen molar-refractivity contribution in [3.8, 4) is 5.75 Å². The molecule has 0 bridgehead atoms. The van der Waals surface area contributed by atoms with E-state index in [-0.39, 0.29) is 6.61 Å². The number of aliphatic hydroxyl groups excluding tert-OH is 1. The molecule has 0 saturated heterocycles. The Bertz CT molecular complexity index is 525. The lowest BCUT2D eigenvalue weighted by atomic mass is 10.1. The summed E-state index contributed by atoms with van der Waals surface area (Å²) in [7, 11) is 0. The first kappa shape index (κ1) is 13.5. The van der Waals surface area contributed by atoms with Crippen molar-refractivity contribution in [2.45, 2.75) is 39.4 Å². The van der Waals surface area contributed by atoms with Gasteiger partial charge in [0.1, 0.15) is 5.75 Å². The van der Waals surface area contributed by atoms with Crippen molar-refractivity contribution in [1.82, 2.24) is 10.1 Å². The van der Waals surface area contributed by atoms with Gasteiger partial charge in [-0.25, -0.2) is 0 Å². The van der Waals surface area contributed by atoms with Gasteiger partial charge in [-0.15, -0.1) is 0 Å². The summed E-state index contributed by atoms with van der Waals surface area (Å²) in [4.78, 5) is 4.17. The quantitative estimate of drug-likeness (QED) is 0.866. The van der Waals surface area contributed by atoms with Crippen LogP contribution in [0.25, 0.3) is 0 Å². The third-order valence-corrected chi connectivity index (χ3v) is 2.84. The first-order valence-electron chi connectivity index (χ1n) is 6.45. The monoisotopic (exact) mass is 262 g/mol. The molecule has 2 aromatic rings. The van der Waals surface area contributed by atoms with E-state index in [0.29, 0.717) is 23.9 Å². The fourth-order valence-electron chi connectivity index (χ4n) is 1.74. The summed E-state index contributed by atoms with van der Waals surface area (Å²) in [6.07, 6.45) is 0.848. The summed E-state index contributed by atoms with van der Waals surface area (Å²) in [5.41, 5.74) is 0.778. The molecule has 0 saturated carbocycles. The van der Waals surface area contributed by atoms with Gasteiger partial charge in [-0.2, -0.15) is 4.98 Å². The van der Waals surface area contributed by atoms with Crippen molar-refractivity contribution in [2.24, 2.45) is 0 Å². The van der Waals surface area contributed by atoms with Crippen LogP contribution in [0.5, 0.6) is 5.75 Å². The molecule has 0 radical (unpaired) electrons. The molecule has 1 aromatic carbocycles. The molecule has 0 aliphatic rings. The molecule has 0 amide bonds. The molecule has 0 spiro atoms. The van der Waals surface area contributed by atoms with Gasteiger partial charge in [0.15, 0.2) is 12.4 Å².